The van der Waals surface area contributed by atoms with E-state index in [0.717, 1.165) is 23.7 Å². The van der Waals surface area contributed by atoms with E-state index in [1.165, 1.54) is 44.0 Å². The van der Waals surface area contributed by atoms with Gasteiger partial charge in [0.05, 0.1) is 29.6 Å². The molecule has 5 heteroatoms. The molecule has 0 aromatic carbocycles. The number of imidazole rings is 1. The Morgan fingerprint density at radius 2 is 2.00 bits per heavy atom. The van der Waals surface area contributed by atoms with Gasteiger partial charge in [0.25, 0.3) is 0 Å². The Balaban J connectivity index is 0.00000147. The van der Waals surface area contributed by atoms with E-state index in [0.29, 0.717) is 5.88 Å². The normalized spacial score (nSPS) is 16.2. The topological polar surface area (TPSA) is 30.7 Å². The number of fused-ring (bicyclic) bond motifs is 1. The van der Waals surface area contributed by atoms with E-state index in [1.807, 2.05) is 12.5 Å². The van der Waals surface area contributed by atoms with Crippen LogP contribution in [0.5, 0.6) is 0 Å². The summed E-state index contributed by atoms with van der Waals surface area (Å²) in [6.07, 6.45) is 12.1. The molecule has 3 nitrogen and oxygen atoms in total. The minimum atomic E-state index is 0. The molecule has 1 saturated carbocycles. The Labute approximate surface area is 131 Å². The lowest BCUT2D eigenvalue weighted by molar-refractivity contribution is 0.325. The lowest BCUT2D eigenvalue weighted by Crippen LogP contribution is -2.09. The Hall–Kier alpha value is -0.800. The molecule has 0 aliphatic heterocycles. The molecule has 2 aromatic heterocycles. The van der Waals surface area contributed by atoms with Crippen molar-refractivity contribution in [3.05, 3.63) is 24.3 Å². The van der Waals surface area contributed by atoms with Crippen molar-refractivity contribution >= 4 is 35.0 Å². The number of nitrogens with zero attached hydrogens (tertiary/aromatic N) is 3. The molecular formula is C15H21Cl2N3. The first-order valence-electron chi connectivity index (χ1n) is 7.22. The number of alkyl halides is 1. The maximum Gasteiger partial charge on any atom is 0.107 e. The SMILES string of the molecule is Cl.ClCc1cc2c(cn1)ncn2CCC1CCCCC1. The molecule has 2 heterocycles. The van der Waals surface area contributed by atoms with E-state index in [9.17, 15) is 0 Å². The summed E-state index contributed by atoms with van der Waals surface area (Å²) in [6.45, 7) is 1.06. The highest BCUT2D eigenvalue weighted by atomic mass is 35.5. The van der Waals surface area contributed by atoms with Gasteiger partial charge in [0, 0.05) is 6.54 Å². The molecule has 0 bridgehead atoms. The third-order valence-corrected chi connectivity index (χ3v) is 4.48. The third-order valence-electron chi connectivity index (χ3n) is 4.20. The highest BCUT2D eigenvalue weighted by molar-refractivity contribution is 6.17. The van der Waals surface area contributed by atoms with Crippen molar-refractivity contribution in [2.45, 2.75) is 50.9 Å². The molecule has 0 spiro atoms. The van der Waals surface area contributed by atoms with Crippen LogP contribution in [0.2, 0.25) is 0 Å². The molecule has 1 fully saturated rings. The van der Waals surface area contributed by atoms with Crippen LogP contribution in [0.4, 0.5) is 0 Å². The molecule has 0 amide bonds. The van der Waals surface area contributed by atoms with Gasteiger partial charge in [0.1, 0.15) is 5.52 Å². The number of hydrogen-bond donors (Lipinski definition) is 0. The van der Waals surface area contributed by atoms with Crippen LogP contribution in [0.15, 0.2) is 18.6 Å². The monoisotopic (exact) mass is 313 g/mol. The number of aryl methyl sites for hydroxylation is 1. The molecule has 0 saturated heterocycles. The van der Waals surface area contributed by atoms with Gasteiger partial charge in [-0.2, -0.15) is 0 Å². The minimum Gasteiger partial charge on any atom is -0.330 e. The first-order valence-corrected chi connectivity index (χ1v) is 7.76. The van der Waals surface area contributed by atoms with Gasteiger partial charge in [-0.3, -0.25) is 4.98 Å². The maximum atomic E-state index is 5.85. The van der Waals surface area contributed by atoms with E-state index in [1.54, 1.807) is 0 Å². The van der Waals surface area contributed by atoms with Crippen molar-refractivity contribution in [1.29, 1.82) is 0 Å². The molecule has 0 unspecified atom stereocenters. The first-order chi connectivity index (χ1) is 9.36. The van der Waals surface area contributed by atoms with Gasteiger partial charge in [-0.25, -0.2) is 4.98 Å². The van der Waals surface area contributed by atoms with E-state index in [2.05, 4.69) is 20.6 Å². The lowest BCUT2D eigenvalue weighted by atomic mass is 9.87. The zero-order valence-corrected chi connectivity index (χ0v) is 13.2. The quantitative estimate of drug-likeness (QED) is 0.774. The summed E-state index contributed by atoms with van der Waals surface area (Å²) in [6, 6.07) is 2.07. The van der Waals surface area contributed by atoms with Crippen LogP contribution < -0.4 is 0 Å². The standard InChI is InChI=1S/C15H20ClN3.ClH/c16-9-13-8-15-14(10-17-13)18-11-19(15)7-6-12-4-2-1-3-5-12;/h8,10-12H,1-7,9H2;1H. The van der Waals surface area contributed by atoms with Gasteiger partial charge in [0.2, 0.25) is 0 Å². The van der Waals surface area contributed by atoms with Gasteiger partial charge in [-0.05, 0) is 18.4 Å². The molecular weight excluding hydrogens is 293 g/mol. The van der Waals surface area contributed by atoms with Gasteiger partial charge in [-0.1, -0.05) is 32.1 Å². The van der Waals surface area contributed by atoms with Gasteiger partial charge < -0.3 is 4.57 Å². The Morgan fingerprint density at radius 3 is 2.75 bits per heavy atom. The van der Waals surface area contributed by atoms with Gasteiger partial charge in [0.15, 0.2) is 0 Å². The van der Waals surface area contributed by atoms with E-state index < -0.39 is 0 Å². The Morgan fingerprint density at radius 1 is 1.20 bits per heavy atom. The molecule has 20 heavy (non-hydrogen) atoms. The molecule has 3 rings (SSSR count). The van der Waals surface area contributed by atoms with E-state index in [4.69, 9.17) is 11.6 Å². The molecule has 0 atom stereocenters. The van der Waals surface area contributed by atoms with Crippen LogP contribution in [0.1, 0.15) is 44.2 Å². The number of rotatable bonds is 4. The highest BCUT2D eigenvalue weighted by Crippen LogP contribution is 2.27. The minimum absolute atomic E-state index is 0. The zero-order valence-electron chi connectivity index (χ0n) is 11.6. The predicted octanol–water partition coefficient (Wildman–Crippen LogP) is 4.56. The molecule has 0 radical (unpaired) electrons. The number of halogens is 2. The lowest BCUT2D eigenvalue weighted by Gasteiger charge is -2.21. The van der Waals surface area contributed by atoms with Crippen molar-refractivity contribution in [2.24, 2.45) is 5.92 Å². The van der Waals surface area contributed by atoms with Crippen LogP contribution in [-0.2, 0) is 12.4 Å². The van der Waals surface area contributed by atoms with Crippen molar-refractivity contribution in [3.8, 4) is 0 Å². The molecule has 2 aromatic rings. The average molecular weight is 314 g/mol. The van der Waals surface area contributed by atoms with Crippen molar-refractivity contribution < 1.29 is 0 Å². The van der Waals surface area contributed by atoms with E-state index in [-0.39, 0.29) is 12.4 Å². The van der Waals surface area contributed by atoms with Crippen molar-refractivity contribution in [3.63, 3.8) is 0 Å². The fraction of sp³-hybridized carbons (Fsp3) is 0.600. The number of aromatic nitrogens is 3. The second kappa shape index (κ2) is 7.28. The van der Waals surface area contributed by atoms with Crippen LogP contribution in [0, 0.1) is 5.92 Å². The van der Waals surface area contributed by atoms with Crippen LogP contribution in [-0.4, -0.2) is 14.5 Å². The Kier molecular flexibility index (Phi) is 5.67. The fourth-order valence-corrected chi connectivity index (χ4v) is 3.20. The van der Waals surface area contributed by atoms with Crippen molar-refractivity contribution in [2.75, 3.05) is 0 Å². The number of pyridine rings is 1. The van der Waals surface area contributed by atoms with Crippen LogP contribution in [0.3, 0.4) is 0 Å². The summed E-state index contributed by atoms with van der Waals surface area (Å²) in [5.41, 5.74) is 3.06. The molecule has 1 aliphatic rings. The maximum absolute atomic E-state index is 5.85. The van der Waals surface area contributed by atoms with E-state index >= 15 is 0 Å². The fourth-order valence-electron chi connectivity index (χ4n) is 3.05. The third kappa shape index (κ3) is 3.44. The molecule has 0 N–H and O–H groups in total. The summed E-state index contributed by atoms with van der Waals surface area (Å²) in [4.78, 5) is 8.70. The zero-order chi connectivity index (χ0) is 13.1. The first kappa shape index (κ1) is 15.6. The summed E-state index contributed by atoms with van der Waals surface area (Å²) < 4.78 is 2.25. The van der Waals surface area contributed by atoms with Crippen molar-refractivity contribution in [1.82, 2.24) is 14.5 Å². The van der Waals surface area contributed by atoms with Gasteiger partial charge >= 0.3 is 0 Å². The predicted molar refractivity (Wildman–Crippen MR) is 85.5 cm³/mol. The highest BCUT2D eigenvalue weighted by Gasteiger charge is 2.14. The largest absolute Gasteiger partial charge is 0.330 e. The number of hydrogen-bond acceptors (Lipinski definition) is 2. The second-order valence-corrected chi connectivity index (χ2v) is 5.80. The molecule has 110 valence electrons. The smallest absolute Gasteiger partial charge is 0.107 e. The van der Waals surface area contributed by atoms with Gasteiger partial charge in [-0.15, -0.1) is 24.0 Å². The molecule has 1 aliphatic carbocycles. The Bertz CT molecular complexity index is 547. The van der Waals surface area contributed by atoms with Crippen LogP contribution in [0.25, 0.3) is 11.0 Å². The average Bonchev–Trinajstić information content (AvgIpc) is 2.88. The summed E-state index contributed by atoms with van der Waals surface area (Å²) >= 11 is 5.85. The summed E-state index contributed by atoms with van der Waals surface area (Å²) in [5, 5.41) is 0. The van der Waals surface area contributed by atoms with Crippen LogP contribution >= 0.6 is 24.0 Å². The second-order valence-electron chi connectivity index (χ2n) is 5.53. The summed E-state index contributed by atoms with van der Waals surface area (Å²) in [7, 11) is 0. The summed E-state index contributed by atoms with van der Waals surface area (Å²) in [5.74, 6) is 1.37.